The predicted molar refractivity (Wildman–Crippen MR) is 92.8 cm³/mol. The van der Waals surface area contributed by atoms with Crippen molar-refractivity contribution in [3.05, 3.63) is 59.7 Å². The molecule has 9 nitrogen and oxygen atoms in total. The van der Waals surface area contributed by atoms with E-state index in [2.05, 4.69) is 35.7 Å². The number of aromatic nitrogens is 8. The average molecular weight is 384 g/mol. The van der Waals surface area contributed by atoms with Crippen molar-refractivity contribution in [3.63, 3.8) is 0 Å². The summed E-state index contributed by atoms with van der Waals surface area (Å²) in [5.41, 5.74) is 2.47. The Hall–Kier alpha value is -3.76. The Morgan fingerprint density at radius 2 is 2.00 bits per heavy atom. The molecule has 11 heteroatoms. The third kappa shape index (κ3) is 3.54. The highest BCUT2D eigenvalue weighted by Crippen LogP contribution is 2.20. The van der Waals surface area contributed by atoms with Gasteiger partial charge >= 0.3 is 0 Å². The van der Waals surface area contributed by atoms with E-state index in [0.29, 0.717) is 28.8 Å². The summed E-state index contributed by atoms with van der Waals surface area (Å²) in [4.78, 5) is 4.03. The number of rotatable bonds is 6. The van der Waals surface area contributed by atoms with Crippen LogP contribution >= 0.6 is 0 Å². The first-order chi connectivity index (χ1) is 13.6. The summed E-state index contributed by atoms with van der Waals surface area (Å²) in [6.45, 7) is 1.87. The maximum absolute atomic E-state index is 12.7. The van der Waals surface area contributed by atoms with Gasteiger partial charge in [-0.15, -0.1) is 15.3 Å². The quantitative estimate of drug-likeness (QED) is 0.544. The van der Waals surface area contributed by atoms with Gasteiger partial charge in [-0.2, -0.15) is 9.78 Å². The highest BCUT2D eigenvalue weighted by molar-refractivity contribution is 5.52. The molecule has 1 N–H and O–H groups in total. The van der Waals surface area contributed by atoms with Crippen LogP contribution in [0, 0.1) is 6.92 Å². The number of nitrogens with one attached hydrogen (secondary N) is 1. The number of pyridine rings is 1. The second-order valence-corrected chi connectivity index (χ2v) is 5.80. The van der Waals surface area contributed by atoms with E-state index < -0.39 is 6.43 Å². The standard InChI is InChI=1S/C17H14F2N8O/c1-10-14(27(26-22-10)15-4-2-11(8-20-15)17(18)19)9-28-16-5-3-12(24-25-16)13-6-7-21-23-13/h2-8,17H,9H2,1H3,(H,21,23). The number of hydrogen-bond acceptors (Lipinski definition) is 7. The first-order valence-corrected chi connectivity index (χ1v) is 8.24. The minimum absolute atomic E-state index is 0.106. The smallest absolute Gasteiger partial charge is 0.265 e. The Bertz CT molecular complexity index is 1050. The van der Waals surface area contributed by atoms with Crippen molar-refractivity contribution in [1.82, 2.24) is 40.4 Å². The number of hydrogen-bond donors (Lipinski definition) is 1. The molecule has 0 aliphatic heterocycles. The molecule has 0 amide bonds. The van der Waals surface area contributed by atoms with E-state index in [1.165, 1.54) is 16.8 Å². The lowest BCUT2D eigenvalue weighted by Gasteiger charge is -2.08. The topological polar surface area (TPSA) is 107 Å². The molecule has 4 aromatic rings. The molecule has 0 aliphatic carbocycles. The van der Waals surface area contributed by atoms with Crippen LogP contribution in [0.5, 0.6) is 5.88 Å². The fraction of sp³-hybridized carbons (Fsp3) is 0.176. The van der Waals surface area contributed by atoms with Crippen molar-refractivity contribution in [2.45, 2.75) is 20.0 Å². The van der Waals surface area contributed by atoms with Crippen LogP contribution in [0.1, 0.15) is 23.4 Å². The summed E-state index contributed by atoms with van der Waals surface area (Å²) in [5.74, 6) is 0.681. The van der Waals surface area contributed by atoms with Crippen LogP contribution in [0.15, 0.2) is 42.7 Å². The van der Waals surface area contributed by atoms with Crippen molar-refractivity contribution in [3.8, 4) is 23.1 Å². The Balaban J connectivity index is 1.50. The fourth-order valence-corrected chi connectivity index (χ4v) is 2.46. The molecule has 4 rings (SSSR count). The van der Waals surface area contributed by atoms with Crippen LogP contribution < -0.4 is 4.74 Å². The van der Waals surface area contributed by atoms with Gasteiger partial charge in [0.05, 0.1) is 11.4 Å². The number of aryl methyl sites for hydroxylation is 1. The van der Waals surface area contributed by atoms with Crippen molar-refractivity contribution in [2.75, 3.05) is 0 Å². The number of aromatic amines is 1. The minimum atomic E-state index is -2.58. The molecule has 0 aromatic carbocycles. The molecule has 0 aliphatic rings. The minimum Gasteiger partial charge on any atom is -0.470 e. The Kier molecular flexibility index (Phi) is 4.70. The van der Waals surface area contributed by atoms with Crippen LogP contribution in [0.3, 0.4) is 0 Å². The van der Waals surface area contributed by atoms with E-state index in [4.69, 9.17) is 4.74 Å². The normalized spacial score (nSPS) is 11.1. The van der Waals surface area contributed by atoms with Gasteiger partial charge in [-0.05, 0) is 31.2 Å². The molecule has 0 saturated carbocycles. The summed E-state index contributed by atoms with van der Waals surface area (Å²) in [5, 5.41) is 22.8. The second-order valence-electron chi connectivity index (χ2n) is 5.80. The van der Waals surface area contributed by atoms with Crippen LogP contribution in [-0.4, -0.2) is 40.4 Å². The third-order valence-corrected chi connectivity index (χ3v) is 3.97. The number of nitrogens with zero attached hydrogens (tertiary/aromatic N) is 7. The van der Waals surface area contributed by atoms with Gasteiger partial charge in [0.1, 0.15) is 18.0 Å². The Morgan fingerprint density at radius 3 is 2.64 bits per heavy atom. The second kappa shape index (κ2) is 7.47. The monoisotopic (exact) mass is 384 g/mol. The molecule has 0 atom stereocenters. The van der Waals surface area contributed by atoms with Crippen LogP contribution in [0.4, 0.5) is 8.78 Å². The van der Waals surface area contributed by atoms with Gasteiger partial charge in [0.2, 0.25) is 5.88 Å². The zero-order valence-corrected chi connectivity index (χ0v) is 14.6. The molecule has 142 valence electrons. The lowest BCUT2D eigenvalue weighted by Crippen LogP contribution is -2.09. The number of alkyl halides is 2. The van der Waals surface area contributed by atoms with Gasteiger partial charge < -0.3 is 4.74 Å². The largest absolute Gasteiger partial charge is 0.470 e. The molecule has 0 saturated heterocycles. The maximum Gasteiger partial charge on any atom is 0.265 e. The van der Waals surface area contributed by atoms with Gasteiger partial charge in [0, 0.05) is 24.0 Å². The van der Waals surface area contributed by atoms with E-state index in [1.54, 1.807) is 31.3 Å². The molecule has 0 unspecified atom stereocenters. The molecular weight excluding hydrogens is 370 g/mol. The van der Waals surface area contributed by atoms with Crippen molar-refractivity contribution < 1.29 is 13.5 Å². The molecular formula is C17H14F2N8O. The predicted octanol–water partition coefficient (Wildman–Crippen LogP) is 2.67. The van der Waals surface area contributed by atoms with Gasteiger partial charge in [0.25, 0.3) is 6.43 Å². The van der Waals surface area contributed by atoms with E-state index in [-0.39, 0.29) is 12.2 Å². The fourth-order valence-electron chi connectivity index (χ4n) is 2.46. The summed E-state index contributed by atoms with van der Waals surface area (Å²) < 4.78 is 32.5. The van der Waals surface area contributed by atoms with Gasteiger partial charge in [-0.1, -0.05) is 5.21 Å². The lowest BCUT2D eigenvalue weighted by molar-refractivity contribution is 0.151. The van der Waals surface area contributed by atoms with Crippen LogP contribution in [0.25, 0.3) is 17.2 Å². The first-order valence-electron chi connectivity index (χ1n) is 8.24. The zero-order chi connectivity index (χ0) is 19.5. The molecule has 0 spiro atoms. The highest BCUT2D eigenvalue weighted by atomic mass is 19.3. The van der Waals surface area contributed by atoms with Crippen molar-refractivity contribution >= 4 is 0 Å². The third-order valence-electron chi connectivity index (χ3n) is 3.97. The van der Waals surface area contributed by atoms with E-state index in [1.807, 2.05) is 0 Å². The Labute approximate surface area is 157 Å². The summed E-state index contributed by atoms with van der Waals surface area (Å²) >= 11 is 0. The molecule has 4 aromatic heterocycles. The van der Waals surface area contributed by atoms with E-state index in [9.17, 15) is 8.78 Å². The summed E-state index contributed by atoms with van der Waals surface area (Å²) in [6.07, 6.45) is 0.159. The molecule has 4 heterocycles. The average Bonchev–Trinajstić information content (AvgIpc) is 3.37. The summed E-state index contributed by atoms with van der Waals surface area (Å²) in [6, 6.07) is 7.97. The lowest BCUT2D eigenvalue weighted by atomic mass is 10.3. The summed E-state index contributed by atoms with van der Waals surface area (Å²) in [7, 11) is 0. The Morgan fingerprint density at radius 1 is 1.11 bits per heavy atom. The van der Waals surface area contributed by atoms with Crippen molar-refractivity contribution in [2.24, 2.45) is 0 Å². The molecule has 0 radical (unpaired) electrons. The van der Waals surface area contributed by atoms with Crippen molar-refractivity contribution in [1.29, 1.82) is 0 Å². The number of halogens is 2. The SMILES string of the molecule is Cc1nnn(-c2ccc(C(F)F)cn2)c1COc1ccc(-c2ccn[nH]2)nn1. The van der Waals surface area contributed by atoms with E-state index >= 15 is 0 Å². The van der Waals surface area contributed by atoms with Crippen LogP contribution in [-0.2, 0) is 6.61 Å². The van der Waals surface area contributed by atoms with Gasteiger partial charge in [-0.25, -0.2) is 13.8 Å². The van der Waals surface area contributed by atoms with E-state index in [0.717, 1.165) is 11.9 Å². The van der Waals surface area contributed by atoms with Gasteiger partial charge in [0.15, 0.2) is 5.82 Å². The number of ether oxygens (including phenoxy) is 1. The van der Waals surface area contributed by atoms with Crippen LogP contribution in [0.2, 0.25) is 0 Å². The first kappa shape index (κ1) is 17.6. The molecule has 0 bridgehead atoms. The number of H-pyrrole nitrogens is 1. The highest BCUT2D eigenvalue weighted by Gasteiger charge is 2.15. The molecule has 0 fully saturated rings. The molecule has 28 heavy (non-hydrogen) atoms. The zero-order valence-electron chi connectivity index (χ0n) is 14.6. The maximum atomic E-state index is 12.7. The van der Waals surface area contributed by atoms with Gasteiger partial charge in [-0.3, -0.25) is 5.10 Å².